The van der Waals surface area contributed by atoms with Crippen LogP contribution in [-0.2, 0) is 6.42 Å². The molecule has 7 nitrogen and oxygen atoms in total. The van der Waals surface area contributed by atoms with Gasteiger partial charge in [0.05, 0.1) is 6.54 Å². The van der Waals surface area contributed by atoms with Crippen molar-refractivity contribution in [3.8, 4) is 5.75 Å². The Morgan fingerprint density at radius 1 is 1.17 bits per heavy atom. The predicted octanol–water partition coefficient (Wildman–Crippen LogP) is 3.96. The molecular formula is C21H28ClIN6O. The Kier molecular flexibility index (Phi) is 10.2. The number of fused-ring (bicyclic) bond motifs is 1. The van der Waals surface area contributed by atoms with E-state index in [0.717, 1.165) is 49.1 Å². The highest BCUT2D eigenvalue weighted by molar-refractivity contribution is 14.0. The van der Waals surface area contributed by atoms with Gasteiger partial charge in [-0.25, -0.2) is 4.99 Å². The van der Waals surface area contributed by atoms with Crippen molar-refractivity contribution < 1.29 is 4.74 Å². The van der Waals surface area contributed by atoms with Crippen LogP contribution in [0.4, 0.5) is 0 Å². The van der Waals surface area contributed by atoms with Crippen molar-refractivity contribution >= 4 is 47.2 Å². The van der Waals surface area contributed by atoms with Crippen molar-refractivity contribution in [1.82, 2.24) is 25.2 Å². The molecule has 1 unspecified atom stereocenters. The lowest BCUT2D eigenvalue weighted by Crippen LogP contribution is -2.38. The molecule has 162 valence electrons. The minimum absolute atomic E-state index is 0. The number of benzene rings is 1. The number of nitrogens with one attached hydrogen (secondary N) is 2. The van der Waals surface area contributed by atoms with Crippen LogP contribution >= 0.6 is 35.6 Å². The summed E-state index contributed by atoms with van der Waals surface area (Å²) in [4.78, 5) is 4.62. The van der Waals surface area contributed by atoms with E-state index in [-0.39, 0.29) is 30.1 Å². The average Bonchev–Trinajstić information content (AvgIpc) is 3.14. The molecule has 0 saturated carbocycles. The molecule has 2 N–H and O–H groups in total. The van der Waals surface area contributed by atoms with Crippen LogP contribution in [0.15, 0.2) is 53.7 Å². The minimum Gasteiger partial charge on any atom is -0.489 e. The molecule has 0 amide bonds. The van der Waals surface area contributed by atoms with E-state index in [1.165, 1.54) is 0 Å². The highest BCUT2D eigenvalue weighted by Gasteiger charge is 2.06. The van der Waals surface area contributed by atoms with Crippen molar-refractivity contribution in [2.45, 2.75) is 32.8 Å². The predicted molar refractivity (Wildman–Crippen MR) is 132 cm³/mol. The lowest BCUT2D eigenvalue weighted by atomic mass is 10.3. The standard InChI is InChI=1S/C21H27ClN6O.HI/c1-3-23-21(25-15-16(2)29-18-11-9-17(22)10-12-18)24-13-6-8-20-27-26-19-7-4-5-14-28(19)20;/h4-5,7,9-12,14,16H,3,6,8,13,15H2,1-2H3,(H2,23,24,25);1H. The maximum Gasteiger partial charge on any atom is 0.191 e. The fourth-order valence-corrected chi connectivity index (χ4v) is 2.99. The summed E-state index contributed by atoms with van der Waals surface area (Å²) in [5.74, 6) is 2.54. The number of ether oxygens (including phenoxy) is 1. The Morgan fingerprint density at radius 3 is 2.73 bits per heavy atom. The van der Waals surface area contributed by atoms with Crippen LogP contribution in [-0.4, -0.2) is 46.3 Å². The maximum atomic E-state index is 5.90. The Labute approximate surface area is 199 Å². The topological polar surface area (TPSA) is 75.8 Å². The first-order valence-corrected chi connectivity index (χ1v) is 10.3. The van der Waals surface area contributed by atoms with Gasteiger partial charge in [-0.05, 0) is 56.7 Å². The molecule has 0 bridgehead atoms. The second-order valence-electron chi connectivity index (χ2n) is 6.68. The molecule has 30 heavy (non-hydrogen) atoms. The zero-order valence-corrected chi connectivity index (χ0v) is 20.3. The first-order valence-electron chi connectivity index (χ1n) is 9.88. The van der Waals surface area contributed by atoms with E-state index in [4.69, 9.17) is 16.3 Å². The largest absolute Gasteiger partial charge is 0.489 e. The number of aromatic nitrogens is 3. The van der Waals surface area contributed by atoms with Crippen LogP contribution in [0.25, 0.3) is 5.65 Å². The van der Waals surface area contributed by atoms with Gasteiger partial charge in [-0.15, -0.1) is 34.2 Å². The van der Waals surface area contributed by atoms with E-state index in [0.29, 0.717) is 11.6 Å². The van der Waals surface area contributed by atoms with Crippen LogP contribution in [0.2, 0.25) is 5.02 Å². The van der Waals surface area contributed by atoms with E-state index in [1.54, 1.807) is 0 Å². The number of hydrogen-bond acceptors (Lipinski definition) is 4. The van der Waals surface area contributed by atoms with E-state index < -0.39 is 0 Å². The number of guanidine groups is 1. The van der Waals surface area contributed by atoms with Crippen molar-refractivity contribution in [1.29, 1.82) is 0 Å². The molecule has 2 aromatic heterocycles. The molecule has 0 fully saturated rings. The first kappa shape index (κ1) is 24.2. The third-order valence-corrected chi connectivity index (χ3v) is 4.51. The zero-order chi connectivity index (χ0) is 20.5. The number of rotatable bonds is 9. The van der Waals surface area contributed by atoms with Gasteiger partial charge in [0.15, 0.2) is 11.6 Å². The van der Waals surface area contributed by atoms with Gasteiger partial charge in [0.2, 0.25) is 0 Å². The molecule has 3 aromatic rings. The molecule has 0 radical (unpaired) electrons. The molecule has 0 spiro atoms. The number of nitrogens with zero attached hydrogens (tertiary/aromatic N) is 4. The Bertz CT molecular complexity index is 931. The fraction of sp³-hybridized carbons (Fsp3) is 0.381. The summed E-state index contributed by atoms with van der Waals surface area (Å²) in [7, 11) is 0. The van der Waals surface area contributed by atoms with Gasteiger partial charge in [-0.3, -0.25) is 4.40 Å². The van der Waals surface area contributed by atoms with Crippen LogP contribution in [0, 0.1) is 0 Å². The van der Waals surface area contributed by atoms with Crippen molar-refractivity contribution in [2.75, 3.05) is 19.6 Å². The highest BCUT2D eigenvalue weighted by Crippen LogP contribution is 2.16. The summed E-state index contributed by atoms with van der Waals surface area (Å²) in [5.41, 5.74) is 0.875. The first-order chi connectivity index (χ1) is 14.2. The lowest BCUT2D eigenvalue weighted by Gasteiger charge is -2.15. The van der Waals surface area contributed by atoms with Crippen LogP contribution < -0.4 is 15.4 Å². The number of halogens is 2. The smallest absolute Gasteiger partial charge is 0.191 e. The van der Waals surface area contributed by atoms with E-state index in [2.05, 4.69) is 25.8 Å². The minimum atomic E-state index is -0.0472. The van der Waals surface area contributed by atoms with E-state index in [1.807, 2.05) is 66.9 Å². The van der Waals surface area contributed by atoms with Crippen molar-refractivity contribution in [3.63, 3.8) is 0 Å². The zero-order valence-electron chi connectivity index (χ0n) is 17.2. The molecule has 3 rings (SSSR count). The summed E-state index contributed by atoms with van der Waals surface area (Å²) >= 11 is 5.90. The van der Waals surface area contributed by atoms with Crippen molar-refractivity contribution in [3.05, 3.63) is 59.5 Å². The van der Waals surface area contributed by atoms with E-state index in [9.17, 15) is 0 Å². The summed E-state index contributed by atoms with van der Waals surface area (Å²) in [5, 5.41) is 15.8. The second-order valence-corrected chi connectivity index (χ2v) is 7.11. The van der Waals surface area contributed by atoms with Gasteiger partial charge >= 0.3 is 0 Å². The summed E-state index contributed by atoms with van der Waals surface area (Å²) < 4.78 is 7.90. The Balaban J connectivity index is 0.00000320. The molecule has 1 aromatic carbocycles. The monoisotopic (exact) mass is 542 g/mol. The molecule has 0 aliphatic carbocycles. The van der Waals surface area contributed by atoms with E-state index >= 15 is 0 Å². The van der Waals surface area contributed by atoms with Gasteiger partial charge in [0, 0.05) is 30.7 Å². The van der Waals surface area contributed by atoms with Gasteiger partial charge < -0.3 is 15.4 Å². The molecule has 0 aliphatic heterocycles. The SMILES string of the molecule is CCNC(=NCC(C)Oc1ccc(Cl)cc1)NCCCc1nnc2ccccn12.I. The van der Waals surface area contributed by atoms with Crippen LogP contribution in [0.1, 0.15) is 26.1 Å². The third kappa shape index (κ3) is 7.32. The van der Waals surface area contributed by atoms with Gasteiger partial charge in [-0.1, -0.05) is 17.7 Å². The van der Waals surface area contributed by atoms with Gasteiger partial charge in [0.1, 0.15) is 17.7 Å². The molecule has 0 saturated heterocycles. The molecule has 1 atom stereocenters. The normalized spacial score (nSPS) is 12.3. The van der Waals surface area contributed by atoms with Crippen molar-refractivity contribution in [2.24, 2.45) is 4.99 Å². The number of aliphatic imine (C=N–C) groups is 1. The molecule has 2 heterocycles. The number of aryl methyl sites for hydroxylation is 1. The highest BCUT2D eigenvalue weighted by atomic mass is 127. The maximum absolute atomic E-state index is 5.90. The van der Waals surface area contributed by atoms with Gasteiger partial charge in [0.25, 0.3) is 0 Å². The Morgan fingerprint density at radius 2 is 1.97 bits per heavy atom. The third-order valence-electron chi connectivity index (χ3n) is 4.26. The number of pyridine rings is 1. The lowest BCUT2D eigenvalue weighted by molar-refractivity contribution is 0.230. The molecule has 0 aliphatic rings. The summed E-state index contributed by atoms with van der Waals surface area (Å²) in [6, 6.07) is 13.3. The van der Waals surface area contributed by atoms with Crippen LogP contribution in [0.3, 0.4) is 0 Å². The van der Waals surface area contributed by atoms with Crippen LogP contribution in [0.5, 0.6) is 5.75 Å². The van der Waals surface area contributed by atoms with Gasteiger partial charge in [-0.2, -0.15) is 0 Å². The molecular weight excluding hydrogens is 515 g/mol. The average molecular weight is 543 g/mol. The summed E-state index contributed by atoms with van der Waals surface area (Å²) in [6.07, 6.45) is 3.71. The second kappa shape index (κ2) is 12.6. The Hall–Kier alpha value is -2.07. The number of hydrogen-bond donors (Lipinski definition) is 2. The fourth-order valence-electron chi connectivity index (χ4n) is 2.86. The summed E-state index contributed by atoms with van der Waals surface area (Å²) in [6.45, 7) is 6.19. The quantitative estimate of drug-likeness (QED) is 0.185. The molecule has 9 heteroatoms.